The van der Waals surface area contributed by atoms with Gasteiger partial charge < -0.3 is 14.4 Å². The lowest BCUT2D eigenvalue weighted by molar-refractivity contribution is -0.150. The third-order valence-electron chi connectivity index (χ3n) is 3.97. The summed E-state index contributed by atoms with van der Waals surface area (Å²) in [6.45, 7) is 0. The summed E-state index contributed by atoms with van der Waals surface area (Å²) in [7, 11) is 5.20. The second-order valence-electron chi connectivity index (χ2n) is 5.47. The molecule has 0 N–H and O–H groups in total. The maximum atomic E-state index is 12.1. The van der Waals surface area contributed by atoms with Gasteiger partial charge in [0.2, 0.25) is 0 Å². The Kier molecular flexibility index (Phi) is 4.96. The average Bonchev–Trinajstić information content (AvgIpc) is 2.91. The molecule has 1 fully saturated rings. The highest BCUT2D eigenvalue weighted by molar-refractivity contribution is 5.89. The van der Waals surface area contributed by atoms with Crippen molar-refractivity contribution < 1.29 is 19.1 Å². The monoisotopic (exact) mass is 291 g/mol. The second-order valence-corrected chi connectivity index (χ2v) is 5.47. The minimum Gasteiger partial charge on any atom is -0.469 e. The van der Waals surface area contributed by atoms with Gasteiger partial charge in [-0.3, -0.25) is 4.79 Å². The van der Waals surface area contributed by atoms with E-state index >= 15 is 0 Å². The molecule has 0 aliphatic heterocycles. The third kappa shape index (κ3) is 3.42. The van der Waals surface area contributed by atoms with Crippen molar-refractivity contribution in [3.05, 3.63) is 35.9 Å². The van der Waals surface area contributed by atoms with Gasteiger partial charge in [0.05, 0.1) is 12.7 Å². The SMILES string of the molecule is COC(=O)C1C(OC(=O)c2ccccc2)CCC1N(C)C. The van der Waals surface area contributed by atoms with E-state index in [1.807, 2.05) is 25.1 Å². The number of hydrogen-bond donors (Lipinski definition) is 0. The van der Waals surface area contributed by atoms with Crippen molar-refractivity contribution in [1.82, 2.24) is 4.90 Å². The first kappa shape index (κ1) is 15.5. The van der Waals surface area contributed by atoms with Crippen molar-refractivity contribution in [1.29, 1.82) is 0 Å². The predicted molar refractivity (Wildman–Crippen MR) is 77.9 cm³/mol. The molecule has 1 aliphatic rings. The Morgan fingerprint density at radius 3 is 2.38 bits per heavy atom. The summed E-state index contributed by atoms with van der Waals surface area (Å²) in [4.78, 5) is 26.1. The molecule has 1 saturated carbocycles. The molecule has 2 rings (SSSR count). The Bertz CT molecular complexity index is 500. The van der Waals surface area contributed by atoms with Crippen LogP contribution in [0.5, 0.6) is 0 Å². The summed E-state index contributed by atoms with van der Waals surface area (Å²) >= 11 is 0. The van der Waals surface area contributed by atoms with E-state index < -0.39 is 18.0 Å². The lowest BCUT2D eigenvalue weighted by Crippen LogP contribution is -2.41. The van der Waals surface area contributed by atoms with Gasteiger partial charge in [-0.25, -0.2) is 4.79 Å². The highest BCUT2D eigenvalue weighted by Gasteiger charge is 2.45. The Labute approximate surface area is 124 Å². The van der Waals surface area contributed by atoms with Crippen LogP contribution in [0.3, 0.4) is 0 Å². The standard InChI is InChI=1S/C16H21NO4/c1-17(2)12-9-10-13(14(12)16(19)20-3)21-15(18)11-7-5-4-6-8-11/h4-8,12-14H,9-10H2,1-3H3. The van der Waals surface area contributed by atoms with Crippen LogP contribution in [0.15, 0.2) is 30.3 Å². The molecule has 3 atom stereocenters. The van der Waals surface area contributed by atoms with Crippen molar-refractivity contribution in [2.75, 3.05) is 21.2 Å². The molecule has 0 aromatic heterocycles. The van der Waals surface area contributed by atoms with E-state index in [1.54, 1.807) is 24.3 Å². The van der Waals surface area contributed by atoms with Crippen molar-refractivity contribution in [3.63, 3.8) is 0 Å². The zero-order chi connectivity index (χ0) is 15.4. The molecule has 0 spiro atoms. The topological polar surface area (TPSA) is 55.8 Å². The average molecular weight is 291 g/mol. The van der Waals surface area contributed by atoms with Crippen LogP contribution in [-0.4, -0.2) is 50.2 Å². The van der Waals surface area contributed by atoms with Crippen LogP contribution in [0, 0.1) is 5.92 Å². The molecule has 0 saturated heterocycles. The lowest BCUT2D eigenvalue weighted by Gasteiger charge is -2.27. The molecule has 1 aromatic carbocycles. The van der Waals surface area contributed by atoms with Gasteiger partial charge in [-0.05, 0) is 39.1 Å². The number of carbonyl (C=O) groups excluding carboxylic acids is 2. The maximum absolute atomic E-state index is 12.1. The highest BCUT2D eigenvalue weighted by atomic mass is 16.6. The Balaban J connectivity index is 2.11. The van der Waals surface area contributed by atoms with Gasteiger partial charge in [-0.15, -0.1) is 0 Å². The van der Waals surface area contributed by atoms with Gasteiger partial charge in [0.15, 0.2) is 0 Å². The molecule has 1 aliphatic carbocycles. The van der Waals surface area contributed by atoms with E-state index in [0.717, 1.165) is 6.42 Å². The van der Waals surface area contributed by atoms with Gasteiger partial charge in [-0.2, -0.15) is 0 Å². The molecule has 0 bridgehead atoms. The number of esters is 2. The van der Waals surface area contributed by atoms with E-state index in [4.69, 9.17) is 9.47 Å². The molecule has 1 aromatic rings. The smallest absolute Gasteiger partial charge is 0.338 e. The van der Waals surface area contributed by atoms with Crippen LogP contribution in [0.2, 0.25) is 0 Å². The normalized spacial score (nSPS) is 24.9. The van der Waals surface area contributed by atoms with Crippen LogP contribution >= 0.6 is 0 Å². The summed E-state index contributed by atoms with van der Waals surface area (Å²) in [6, 6.07) is 8.84. The Morgan fingerprint density at radius 1 is 1.14 bits per heavy atom. The van der Waals surface area contributed by atoms with Crippen molar-refractivity contribution in [3.8, 4) is 0 Å². The minimum atomic E-state index is -0.433. The summed E-state index contributed by atoms with van der Waals surface area (Å²) in [5.41, 5.74) is 0.495. The van der Waals surface area contributed by atoms with Crippen molar-refractivity contribution in [2.45, 2.75) is 25.0 Å². The lowest BCUT2D eigenvalue weighted by atomic mass is 10.0. The fourth-order valence-corrected chi connectivity index (χ4v) is 2.88. The van der Waals surface area contributed by atoms with Crippen LogP contribution in [0.4, 0.5) is 0 Å². The summed E-state index contributed by atoms with van der Waals surface area (Å²) < 4.78 is 10.4. The van der Waals surface area contributed by atoms with Crippen LogP contribution in [0.25, 0.3) is 0 Å². The van der Waals surface area contributed by atoms with Gasteiger partial charge >= 0.3 is 11.9 Å². The van der Waals surface area contributed by atoms with E-state index in [-0.39, 0.29) is 12.0 Å². The first-order valence-electron chi connectivity index (χ1n) is 7.05. The summed E-state index contributed by atoms with van der Waals surface area (Å²) in [5.74, 6) is -1.15. The Morgan fingerprint density at radius 2 is 1.81 bits per heavy atom. The van der Waals surface area contributed by atoms with Gasteiger partial charge in [0.1, 0.15) is 12.0 Å². The summed E-state index contributed by atoms with van der Waals surface area (Å²) in [6.07, 6.45) is 1.04. The number of rotatable bonds is 4. The molecule has 0 amide bonds. The first-order valence-corrected chi connectivity index (χ1v) is 7.05. The fraction of sp³-hybridized carbons (Fsp3) is 0.500. The van der Waals surface area contributed by atoms with Crippen molar-refractivity contribution in [2.24, 2.45) is 5.92 Å². The zero-order valence-electron chi connectivity index (χ0n) is 12.6. The quantitative estimate of drug-likeness (QED) is 0.791. The molecule has 0 heterocycles. The maximum Gasteiger partial charge on any atom is 0.338 e. The van der Waals surface area contributed by atoms with Crippen LogP contribution in [0.1, 0.15) is 23.2 Å². The minimum absolute atomic E-state index is 0.0334. The number of methoxy groups -OCH3 is 1. The molecule has 5 nitrogen and oxygen atoms in total. The first-order chi connectivity index (χ1) is 10.0. The molecule has 21 heavy (non-hydrogen) atoms. The number of nitrogens with zero attached hydrogens (tertiary/aromatic N) is 1. The molecule has 114 valence electrons. The fourth-order valence-electron chi connectivity index (χ4n) is 2.88. The number of benzene rings is 1. The number of ether oxygens (including phenoxy) is 2. The van der Waals surface area contributed by atoms with Gasteiger partial charge in [0.25, 0.3) is 0 Å². The van der Waals surface area contributed by atoms with Crippen LogP contribution < -0.4 is 0 Å². The van der Waals surface area contributed by atoms with Gasteiger partial charge in [0, 0.05) is 6.04 Å². The largest absolute Gasteiger partial charge is 0.469 e. The second kappa shape index (κ2) is 6.72. The number of hydrogen-bond acceptors (Lipinski definition) is 5. The van der Waals surface area contributed by atoms with E-state index in [1.165, 1.54) is 7.11 Å². The van der Waals surface area contributed by atoms with E-state index in [0.29, 0.717) is 12.0 Å². The van der Waals surface area contributed by atoms with Gasteiger partial charge in [-0.1, -0.05) is 18.2 Å². The molecule has 0 radical (unpaired) electrons. The molecular weight excluding hydrogens is 270 g/mol. The van der Waals surface area contributed by atoms with Crippen molar-refractivity contribution >= 4 is 11.9 Å². The zero-order valence-corrected chi connectivity index (χ0v) is 12.6. The highest BCUT2D eigenvalue weighted by Crippen LogP contribution is 2.33. The predicted octanol–water partition coefficient (Wildman–Crippen LogP) is 1.73. The third-order valence-corrected chi connectivity index (χ3v) is 3.97. The molecular formula is C16H21NO4. The Hall–Kier alpha value is -1.88. The van der Waals surface area contributed by atoms with E-state index in [9.17, 15) is 9.59 Å². The molecule has 5 heteroatoms. The summed E-state index contributed by atoms with van der Waals surface area (Å²) in [5, 5.41) is 0. The van der Waals surface area contributed by atoms with Crippen LogP contribution in [-0.2, 0) is 14.3 Å². The molecule has 3 unspecified atom stereocenters. The number of carbonyl (C=O) groups is 2. The van der Waals surface area contributed by atoms with E-state index in [2.05, 4.69) is 0 Å².